The lowest BCUT2D eigenvalue weighted by molar-refractivity contribution is -0.393. The number of amides is 3. The van der Waals surface area contributed by atoms with Crippen molar-refractivity contribution in [2.75, 3.05) is 5.43 Å². The van der Waals surface area contributed by atoms with Gasteiger partial charge in [0, 0.05) is 12.5 Å². The van der Waals surface area contributed by atoms with Crippen molar-refractivity contribution < 1.29 is 34.1 Å². The smallest absolute Gasteiger partial charge is 0.408 e. The van der Waals surface area contributed by atoms with Crippen molar-refractivity contribution in [1.29, 1.82) is 0 Å². The van der Waals surface area contributed by atoms with Crippen LogP contribution in [0.4, 0.5) is 21.9 Å². The number of rotatable bonds is 12. The third-order valence-corrected chi connectivity index (χ3v) is 5.66. The Kier molecular flexibility index (Phi) is 10.1. The van der Waals surface area contributed by atoms with Gasteiger partial charge < -0.3 is 20.5 Å². The maximum Gasteiger partial charge on any atom is 0.408 e. The molecule has 3 aromatic rings. The molecule has 0 spiro atoms. The van der Waals surface area contributed by atoms with E-state index in [0.29, 0.717) is 5.56 Å². The fourth-order valence-corrected chi connectivity index (χ4v) is 3.49. The van der Waals surface area contributed by atoms with Crippen LogP contribution in [-0.2, 0) is 27.4 Å². The maximum atomic E-state index is 13.1. The molecule has 41 heavy (non-hydrogen) atoms. The summed E-state index contributed by atoms with van der Waals surface area (Å²) in [4.78, 5) is 58.8. The minimum Gasteiger partial charge on any atom is -0.508 e. The standard InChI is InChI=1S/C26H26N6O9/c1-16(27-26(36)41-15-18-5-3-2-4-6-18)24(34)28-22(13-17-7-10-20(33)11-8-17)25(35)30-29-21-12-9-19(31(37)38)14-23(21)32(39)40/h2-12,14,16,22,29,33H,13,15H2,1H3,(H,27,36)(H,28,34)(H,30,35)/t16-,22+/m1/s1. The molecule has 0 saturated heterocycles. The van der Waals surface area contributed by atoms with Crippen LogP contribution < -0.4 is 21.5 Å². The molecule has 0 aliphatic carbocycles. The fraction of sp³-hybridized carbons (Fsp3) is 0.192. The second-order valence-corrected chi connectivity index (χ2v) is 8.69. The number of nitro groups is 2. The number of benzene rings is 3. The van der Waals surface area contributed by atoms with Gasteiger partial charge in [0.1, 0.15) is 30.1 Å². The number of phenols is 1. The maximum absolute atomic E-state index is 13.1. The van der Waals surface area contributed by atoms with Gasteiger partial charge in [0.25, 0.3) is 11.6 Å². The molecule has 0 aliphatic rings. The molecular formula is C26H26N6O9. The molecule has 3 amide bonds. The Morgan fingerprint density at radius 1 is 0.878 bits per heavy atom. The van der Waals surface area contributed by atoms with Crippen molar-refractivity contribution in [3.8, 4) is 5.75 Å². The second kappa shape index (κ2) is 13.9. The molecule has 0 aromatic heterocycles. The Morgan fingerprint density at radius 2 is 1.56 bits per heavy atom. The van der Waals surface area contributed by atoms with E-state index < -0.39 is 51.2 Å². The minimum absolute atomic E-state index is 0.0160. The largest absolute Gasteiger partial charge is 0.508 e. The van der Waals surface area contributed by atoms with Crippen molar-refractivity contribution in [2.24, 2.45) is 0 Å². The van der Waals surface area contributed by atoms with Gasteiger partial charge in [-0.05, 0) is 36.2 Å². The second-order valence-electron chi connectivity index (χ2n) is 8.69. The molecule has 0 bridgehead atoms. The van der Waals surface area contributed by atoms with Gasteiger partial charge >= 0.3 is 11.8 Å². The lowest BCUT2D eigenvalue weighted by Crippen LogP contribution is -2.54. The summed E-state index contributed by atoms with van der Waals surface area (Å²) >= 11 is 0. The van der Waals surface area contributed by atoms with Crippen LogP contribution in [-0.4, -0.2) is 44.9 Å². The molecular weight excluding hydrogens is 540 g/mol. The summed E-state index contributed by atoms with van der Waals surface area (Å²) in [7, 11) is 0. The number of non-ortho nitro benzene ring substituents is 1. The van der Waals surface area contributed by atoms with Crippen molar-refractivity contribution in [1.82, 2.24) is 16.1 Å². The van der Waals surface area contributed by atoms with Crippen molar-refractivity contribution >= 4 is 35.0 Å². The first-order valence-electron chi connectivity index (χ1n) is 12.1. The predicted molar refractivity (Wildman–Crippen MR) is 144 cm³/mol. The van der Waals surface area contributed by atoms with Gasteiger partial charge in [-0.2, -0.15) is 0 Å². The molecule has 2 atom stereocenters. The first-order valence-corrected chi connectivity index (χ1v) is 12.1. The summed E-state index contributed by atoms with van der Waals surface area (Å²) in [6.45, 7) is 1.36. The number of nitro benzene ring substituents is 2. The normalized spacial score (nSPS) is 11.8. The molecule has 3 rings (SSSR count). The van der Waals surface area contributed by atoms with Crippen LogP contribution in [0.3, 0.4) is 0 Å². The highest BCUT2D eigenvalue weighted by molar-refractivity contribution is 5.91. The average molecular weight is 567 g/mol. The number of ether oxygens (including phenoxy) is 1. The third-order valence-electron chi connectivity index (χ3n) is 5.66. The van der Waals surface area contributed by atoms with Crippen molar-refractivity contribution in [3.05, 3.63) is 104 Å². The van der Waals surface area contributed by atoms with Crippen LogP contribution in [0.2, 0.25) is 0 Å². The van der Waals surface area contributed by atoms with Crippen molar-refractivity contribution in [2.45, 2.75) is 32.0 Å². The van der Waals surface area contributed by atoms with Gasteiger partial charge in [-0.3, -0.25) is 40.7 Å². The minimum atomic E-state index is -1.25. The van der Waals surface area contributed by atoms with Gasteiger partial charge in [-0.25, -0.2) is 4.79 Å². The summed E-state index contributed by atoms with van der Waals surface area (Å²) < 4.78 is 5.11. The Bertz CT molecular complexity index is 1420. The highest BCUT2D eigenvalue weighted by Crippen LogP contribution is 2.28. The molecule has 0 heterocycles. The van der Waals surface area contributed by atoms with E-state index in [-0.39, 0.29) is 24.5 Å². The van der Waals surface area contributed by atoms with Crippen LogP contribution in [0, 0.1) is 20.2 Å². The molecule has 214 valence electrons. The SMILES string of the molecule is C[C@@H](NC(=O)OCc1ccccc1)C(=O)N[C@@H](Cc1ccc(O)cc1)C(=O)NNc1ccc([N+](=O)[O-])cc1[N+](=O)[O-]. The Morgan fingerprint density at radius 3 is 2.20 bits per heavy atom. The molecule has 15 nitrogen and oxygen atoms in total. The van der Waals surface area contributed by atoms with E-state index in [1.165, 1.54) is 31.2 Å². The van der Waals surface area contributed by atoms with Gasteiger partial charge in [-0.1, -0.05) is 42.5 Å². The number of aromatic hydroxyl groups is 1. The number of hydrazine groups is 1. The summed E-state index contributed by atoms with van der Waals surface area (Å²) in [5, 5.41) is 36.8. The van der Waals surface area contributed by atoms with Crippen LogP contribution in [0.25, 0.3) is 0 Å². The van der Waals surface area contributed by atoms with Crippen LogP contribution in [0.5, 0.6) is 5.75 Å². The molecule has 5 N–H and O–H groups in total. The molecule has 0 fully saturated rings. The zero-order valence-corrected chi connectivity index (χ0v) is 21.6. The van der Waals surface area contributed by atoms with Crippen LogP contribution in [0.1, 0.15) is 18.1 Å². The number of phenolic OH excluding ortho intramolecular Hbond substituents is 1. The summed E-state index contributed by atoms with van der Waals surface area (Å²) in [6.07, 6.45) is -0.921. The number of anilines is 1. The lowest BCUT2D eigenvalue weighted by atomic mass is 10.0. The molecule has 3 aromatic carbocycles. The summed E-state index contributed by atoms with van der Waals surface area (Å²) in [5.74, 6) is -1.57. The first kappa shape index (κ1) is 29.8. The molecule has 0 aliphatic heterocycles. The van der Waals surface area contributed by atoms with Gasteiger partial charge in [0.05, 0.1) is 15.9 Å². The third kappa shape index (κ3) is 8.91. The van der Waals surface area contributed by atoms with E-state index in [1.54, 1.807) is 24.3 Å². The highest BCUT2D eigenvalue weighted by atomic mass is 16.6. The Hall–Kier alpha value is -5.73. The van der Waals surface area contributed by atoms with E-state index in [1.807, 2.05) is 6.07 Å². The molecule has 0 saturated carbocycles. The zero-order chi connectivity index (χ0) is 29.9. The van der Waals surface area contributed by atoms with E-state index >= 15 is 0 Å². The van der Waals surface area contributed by atoms with Crippen LogP contribution in [0.15, 0.2) is 72.8 Å². The first-order chi connectivity index (χ1) is 19.5. The molecule has 15 heteroatoms. The number of carbonyl (C=O) groups excluding carboxylic acids is 3. The average Bonchev–Trinajstić information content (AvgIpc) is 2.95. The van der Waals surface area contributed by atoms with E-state index in [0.717, 1.165) is 23.8 Å². The predicted octanol–water partition coefficient (Wildman–Crippen LogP) is 2.69. The van der Waals surface area contributed by atoms with E-state index in [4.69, 9.17) is 4.74 Å². The summed E-state index contributed by atoms with van der Waals surface area (Å²) in [5.41, 5.74) is 4.49. The molecule has 0 radical (unpaired) electrons. The van der Waals surface area contributed by atoms with E-state index in [2.05, 4.69) is 21.5 Å². The lowest BCUT2D eigenvalue weighted by Gasteiger charge is -2.22. The zero-order valence-electron chi connectivity index (χ0n) is 21.6. The Balaban J connectivity index is 1.68. The highest BCUT2D eigenvalue weighted by Gasteiger charge is 2.26. The number of hydrogen-bond donors (Lipinski definition) is 5. The fourth-order valence-electron chi connectivity index (χ4n) is 3.49. The van der Waals surface area contributed by atoms with E-state index in [9.17, 15) is 39.7 Å². The molecule has 0 unspecified atom stereocenters. The number of alkyl carbamates (subject to hydrolysis) is 1. The number of nitrogens with one attached hydrogen (secondary N) is 4. The number of hydrogen-bond acceptors (Lipinski definition) is 10. The quantitative estimate of drug-likeness (QED) is 0.159. The van der Waals surface area contributed by atoms with Gasteiger partial charge in [0.15, 0.2) is 0 Å². The van der Waals surface area contributed by atoms with Crippen molar-refractivity contribution in [3.63, 3.8) is 0 Å². The van der Waals surface area contributed by atoms with Crippen LogP contribution >= 0.6 is 0 Å². The summed E-state index contributed by atoms with van der Waals surface area (Å²) in [6, 6.07) is 15.1. The van der Waals surface area contributed by atoms with Gasteiger partial charge in [0.2, 0.25) is 5.91 Å². The monoisotopic (exact) mass is 566 g/mol. The number of nitrogens with zero attached hydrogens (tertiary/aromatic N) is 2. The van der Waals surface area contributed by atoms with Gasteiger partial charge in [-0.15, -0.1) is 0 Å². The number of carbonyl (C=O) groups is 3. The Labute approximate surface area is 232 Å². The topological polar surface area (TPSA) is 215 Å².